The van der Waals surface area contributed by atoms with Crippen LogP contribution < -0.4 is 10.5 Å². The van der Waals surface area contributed by atoms with Gasteiger partial charge in [-0.05, 0) is 43.2 Å². The van der Waals surface area contributed by atoms with Crippen LogP contribution in [0.25, 0.3) is 0 Å². The number of furan rings is 1. The van der Waals surface area contributed by atoms with Crippen LogP contribution in [0.1, 0.15) is 22.5 Å². The standard InChI is InChI=1S/C14H16ClNO2/c1-9-5-12(6-10(2)14(9)15)18-8-11-3-4-17-13(11)7-16/h3-6H,7-8,16H2,1-2H3. The SMILES string of the molecule is Cc1cc(OCc2ccoc2CN)cc(C)c1Cl. The Hall–Kier alpha value is -1.45. The summed E-state index contributed by atoms with van der Waals surface area (Å²) in [6.45, 7) is 4.75. The molecule has 0 saturated carbocycles. The van der Waals surface area contributed by atoms with Gasteiger partial charge in [-0.25, -0.2) is 0 Å². The van der Waals surface area contributed by atoms with Crippen molar-refractivity contribution in [3.63, 3.8) is 0 Å². The zero-order valence-corrected chi connectivity index (χ0v) is 11.3. The monoisotopic (exact) mass is 265 g/mol. The normalized spacial score (nSPS) is 10.7. The minimum Gasteiger partial charge on any atom is -0.489 e. The lowest BCUT2D eigenvalue weighted by Crippen LogP contribution is -2.02. The molecule has 0 amide bonds. The number of hydrogen-bond donors (Lipinski definition) is 1. The Morgan fingerprint density at radius 1 is 1.28 bits per heavy atom. The van der Waals surface area contributed by atoms with E-state index in [2.05, 4.69) is 0 Å². The lowest BCUT2D eigenvalue weighted by Gasteiger charge is -2.09. The van der Waals surface area contributed by atoms with Crippen molar-refractivity contribution in [3.8, 4) is 5.75 Å². The molecule has 2 rings (SSSR count). The summed E-state index contributed by atoms with van der Waals surface area (Å²) >= 11 is 6.11. The molecule has 0 radical (unpaired) electrons. The number of benzene rings is 1. The first-order chi connectivity index (χ1) is 8.61. The Morgan fingerprint density at radius 3 is 2.56 bits per heavy atom. The van der Waals surface area contributed by atoms with Crippen molar-refractivity contribution in [1.29, 1.82) is 0 Å². The molecule has 0 bridgehead atoms. The highest BCUT2D eigenvalue weighted by molar-refractivity contribution is 6.32. The van der Waals surface area contributed by atoms with Crippen molar-refractivity contribution in [2.45, 2.75) is 27.0 Å². The largest absolute Gasteiger partial charge is 0.489 e. The molecule has 96 valence electrons. The molecule has 1 heterocycles. The van der Waals surface area contributed by atoms with Crippen LogP contribution in [0.3, 0.4) is 0 Å². The third-order valence-corrected chi connectivity index (χ3v) is 3.42. The average molecular weight is 266 g/mol. The van der Waals surface area contributed by atoms with E-state index in [9.17, 15) is 0 Å². The van der Waals surface area contributed by atoms with Crippen LogP contribution in [0.2, 0.25) is 5.02 Å². The molecule has 0 unspecified atom stereocenters. The maximum Gasteiger partial charge on any atom is 0.123 e. The summed E-state index contributed by atoms with van der Waals surface area (Å²) in [7, 11) is 0. The van der Waals surface area contributed by atoms with E-state index in [4.69, 9.17) is 26.5 Å². The van der Waals surface area contributed by atoms with Gasteiger partial charge in [0.2, 0.25) is 0 Å². The van der Waals surface area contributed by atoms with Gasteiger partial charge < -0.3 is 14.9 Å². The minimum atomic E-state index is 0.379. The van der Waals surface area contributed by atoms with E-state index in [0.29, 0.717) is 13.2 Å². The van der Waals surface area contributed by atoms with Crippen molar-refractivity contribution >= 4 is 11.6 Å². The van der Waals surface area contributed by atoms with Crippen LogP contribution in [0.4, 0.5) is 0 Å². The molecule has 2 aromatic rings. The van der Waals surface area contributed by atoms with Gasteiger partial charge in [-0.15, -0.1) is 0 Å². The molecule has 0 aliphatic carbocycles. The Bertz CT molecular complexity index is 525. The summed E-state index contributed by atoms with van der Waals surface area (Å²) in [4.78, 5) is 0. The molecule has 2 N–H and O–H groups in total. The first-order valence-corrected chi connectivity index (χ1v) is 6.14. The second-order valence-electron chi connectivity index (χ2n) is 4.23. The number of aryl methyl sites for hydroxylation is 2. The number of rotatable bonds is 4. The van der Waals surface area contributed by atoms with E-state index in [1.807, 2.05) is 32.0 Å². The Morgan fingerprint density at radius 2 is 1.94 bits per heavy atom. The third-order valence-electron chi connectivity index (χ3n) is 2.83. The zero-order valence-electron chi connectivity index (χ0n) is 10.5. The first-order valence-electron chi connectivity index (χ1n) is 5.76. The van der Waals surface area contributed by atoms with Crippen molar-refractivity contribution in [2.24, 2.45) is 5.73 Å². The summed E-state index contributed by atoms with van der Waals surface area (Å²) in [6, 6.07) is 5.73. The quantitative estimate of drug-likeness (QED) is 0.919. The molecule has 0 atom stereocenters. The zero-order chi connectivity index (χ0) is 13.1. The van der Waals surface area contributed by atoms with E-state index in [0.717, 1.165) is 33.2 Å². The Balaban J connectivity index is 2.11. The first kappa shape index (κ1) is 13.0. The molecular formula is C14H16ClNO2. The predicted octanol–water partition coefficient (Wildman–Crippen LogP) is 3.59. The van der Waals surface area contributed by atoms with E-state index in [1.54, 1.807) is 6.26 Å². The second kappa shape index (κ2) is 5.46. The Labute approximate surface area is 111 Å². The van der Waals surface area contributed by atoms with Gasteiger partial charge in [-0.1, -0.05) is 11.6 Å². The number of nitrogens with two attached hydrogens (primary N) is 1. The summed E-state index contributed by atoms with van der Waals surface area (Å²) in [5.41, 5.74) is 8.56. The van der Waals surface area contributed by atoms with Crippen LogP contribution in [0.15, 0.2) is 28.9 Å². The van der Waals surface area contributed by atoms with Crippen LogP contribution in [-0.4, -0.2) is 0 Å². The summed E-state index contributed by atoms with van der Waals surface area (Å²) in [5.74, 6) is 1.57. The molecule has 3 nitrogen and oxygen atoms in total. The van der Waals surface area contributed by atoms with Crippen molar-refractivity contribution in [3.05, 3.63) is 51.9 Å². The van der Waals surface area contributed by atoms with Gasteiger partial charge in [0.1, 0.15) is 18.1 Å². The molecule has 18 heavy (non-hydrogen) atoms. The lowest BCUT2D eigenvalue weighted by molar-refractivity contribution is 0.302. The van der Waals surface area contributed by atoms with Gasteiger partial charge in [0, 0.05) is 10.6 Å². The molecule has 0 spiro atoms. The number of halogens is 1. The van der Waals surface area contributed by atoms with E-state index < -0.39 is 0 Å². The molecule has 0 saturated heterocycles. The van der Waals surface area contributed by atoms with Gasteiger partial charge in [-0.3, -0.25) is 0 Å². The van der Waals surface area contributed by atoms with Crippen molar-refractivity contribution < 1.29 is 9.15 Å². The molecule has 0 fully saturated rings. The van der Waals surface area contributed by atoms with E-state index in [-0.39, 0.29) is 0 Å². The highest BCUT2D eigenvalue weighted by Crippen LogP contribution is 2.26. The van der Waals surface area contributed by atoms with Crippen LogP contribution in [0, 0.1) is 13.8 Å². The van der Waals surface area contributed by atoms with Crippen molar-refractivity contribution in [2.75, 3.05) is 0 Å². The third kappa shape index (κ3) is 2.68. The molecule has 0 aliphatic heterocycles. The number of ether oxygens (including phenoxy) is 1. The van der Waals surface area contributed by atoms with Gasteiger partial charge in [-0.2, -0.15) is 0 Å². The molecule has 1 aromatic carbocycles. The Kier molecular flexibility index (Phi) is 3.94. The lowest BCUT2D eigenvalue weighted by atomic mass is 10.1. The molecule has 1 aromatic heterocycles. The maximum absolute atomic E-state index is 6.11. The predicted molar refractivity (Wildman–Crippen MR) is 71.9 cm³/mol. The molecular weight excluding hydrogens is 250 g/mol. The van der Waals surface area contributed by atoms with Crippen LogP contribution in [0.5, 0.6) is 5.75 Å². The summed E-state index contributed by atoms with van der Waals surface area (Å²) in [6.07, 6.45) is 1.62. The van der Waals surface area contributed by atoms with Crippen LogP contribution in [-0.2, 0) is 13.2 Å². The van der Waals surface area contributed by atoms with Gasteiger partial charge in [0.05, 0.1) is 12.8 Å². The smallest absolute Gasteiger partial charge is 0.123 e. The van der Waals surface area contributed by atoms with E-state index >= 15 is 0 Å². The fourth-order valence-electron chi connectivity index (χ4n) is 1.83. The highest BCUT2D eigenvalue weighted by Gasteiger charge is 2.07. The van der Waals surface area contributed by atoms with Gasteiger partial charge >= 0.3 is 0 Å². The van der Waals surface area contributed by atoms with Crippen molar-refractivity contribution in [1.82, 2.24) is 0 Å². The van der Waals surface area contributed by atoms with Gasteiger partial charge in [0.25, 0.3) is 0 Å². The fraction of sp³-hybridized carbons (Fsp3) is 0.286. The van der Waals surface area contributed by atoms with E-state index in [1.165, 1.54) is 0 Å². The molecule has 4 heteroatoms. The van der Waals surface area contributed by atoms with Gasteiger partial charge in [0.15, 0.2) is 0 Å². The maximum atomic E-state index is 6.11. The highest BCUT2D eigenvalue weighted by atomic mass is 35.5. The minimum absolute atomic E-state index is 0.379. The summed E-state index contributed by atoms with van der Waals surface area (Å²) in [5, 5.41) is 0.785. The topological polar surface area (TPSA) is 48.4 Å². The number of hydrogen-bond acceptors (Lipinski definition) is 3. The van der Waals surface area contributed by atoms with Crippen LogP contribution >= 0.6 is 11.6 Å². The summed E-state index contributed by atoms with van der Waals surface area (Å²) < 4.78 is 11.0. The fourth-order valence-corrected chi connectivity index (χ4v) is 1.93. The average Bonchev–Trinajstić information content (AvgIpc) is 2.80. The second-order valence-corrected chi connectivity index (χ2v) is 4.61. The molecule has 0 aliphatic rings.